The van der Waals surface area contributed by atoms with Gasteiger partial charge < -0.3 is 14.7 Å². The van der Waals surface area contributed by atoms with Gasteiger partial charge in [-0.2, -0.15) is 0 Å². The maximum Gasteiger partial charge on any atom is 0.266 e. The second-order valence-electron chi connectivity index (χ2n) is 5.92. The molecule has 0 aromatic heterocycles. The standard InChI is InChI=1S/C19H22N2O3S3/c1-4-12(17-18(23)21(8-9-22)19(25)27-17)10-16-20(5-2)14-11-13(24-3)6-7-15(14)26-16/h6-7,10-11,22H,4-5,8-9H2,1-3H3. The van der Waals surface area contributed by atoms with Gasteiger partial charge >= 0.3 is 0 Å². The lowest BCUT2D eigenvalue weighted by atomic mass is 10.1. The minimum absolute atomic E-state index is 0.0983. The Labute approximate surface area is 173 Å². The van der Waals surface area contributed by atoms with Crippen molar-refractivity contribution in [1.29, 1.82) is 0 Å². The first-order valence-corrected chi connectivity index (χ1v) is 10.8. The fourth-order valence-corrected chi connectivity index (χ4v) is 5.59. The molecule has 1 saturated heterocycles. The summed E-state index contributed by atoms with van der Waals surface area (Å²) in [6.07, 6.45) is 2.82. The first-order chi connectivity index (χ1) is 13.0. The van der Waals surface area contributed by atoms with Crippen LogP contribution in [0.1, 0.15) is 20.3 Å². The summed E-state index contributed by atoms with van der Waals surface area (Å²) in [5, 5.41) is 10.3. The van der Waals surface area contributed by atoms with Crippen LogP contribution in [-0.4, -0.2) is 47.0 Å². The molecule has 3 rings (SSSR count). The topological polar surface area (TPSA) is 53.0 Å². The molecule has 5 nitrogen and oxygen atoms in total. The summed E-state index contributed by atoms with van der Waals surface area (Å²) in [6.45, 7) is 5.11. The average molecular weight is 423 g/mol. The number of rotatable bonds is 6. The molecule has 1 fully saturated rings. The van der Waals surface area contributed by atoms with Crippen LogP contribution in [0.2, 0.25) is 0 Å². The van der Waals surface area contributed by atoms with Gasteiger partial charge in [-0.25, -0.2) is 0 Å². The number of allylic oxidation sites excluding steroid dienone is 2. The number of methoxy groups -OCH3 is 1. The van der Waals surface area contributed by atoms with Crippen molar-refractivity contribution in [2.24, 2.45) is 0 Å². The van der Waals surface area contributed by atoms with E-state index in [2.05, 4.69) is 24.0 Å². The van der Waals surface area contributed by atoms with E-state index in [0.29, 0.717) is 9.23 Å². The zero-order valence-corrected chi connectivity index (χ0v) is 18.0. The van der Waals surface area contributed by atoms with Crippen LogP contribution < -0.4 is 9.64 Å². The third kappa shape index (κ3) is 3.89. The third-order valence-corrected chi connectivity index (χ3v) is 7.02. The number of ether oxygens (including phenoxy) is 1. The molecule has 1 N–H and O–H groups in total. The van der Waals surface area contributed by atoms with Crippen molar-refractivity contribution in [2.45, 2.75) is 25.2 Å². The Morgan fingerprint density at radius 1 is 1.30 bits per heavy atom. The number of hydrogen-bond acceptors (Lipinski definition) is 7. The number of carbonyl (C=O) groups excluding carboxylic acids is 1. The maximum atomic E-state index is 12.7. The maximum absolute atomic E-state index is 12.7. The number of carbonyl (C=O) groups is 1. The minimum Gasteiger partial charge on any atom is -0.497 e. The van der Waals surface area contributed by atoms with Crippen LogP contribution >= 0.6 is 35.7 Å². The highest BCUT2D eigenvalue weighted by Crippen LogP contribution is 2.48. The molecule has 144 valence electrons. The van der Waals surface area contributed by atoms with Crippen LogP contribution in [0, 0.1) is 0 Å². The molecular weight excluding hydrogens is 400 g/mol. The van der Waals surface area contributed by atoms with Crippen LogP contribution in [0.15, 0.2) is 44.7 Å². The lowest BCUT2D eigenvalue weighted by molar-refractivity contribution is -0.122. The average Bonchev–Trinajstić information content (AvgIpc) is 3.16. The summed E-state index contributed by atoms with van der Waals surface area (Å²) in [5.41, 5.74) is 2.09. The van der Waals surface area contributed by atoms with Crippen molar-refractivity contribution in [2.75, 3.05) is 31.7 Å². The van der Waals surface area contributed by atoms with Gasteiger partial charge in [0.05, 0.1) is 35.9 Å². The Morgan fingerprint density at radius 3 is 2.70 bits per heavy atom. The molecule has 0 bridgehead atoms. The van der Waals surface area contributed by atoms with E-state index in [4.69, 9.17) is 17.0 Å². The van der Waals surface area contributed by atoms with Crippen LogP contribution in [0.5, 0.6) is 5.75 Å². The smallest absolute Gasteiger partial charge is 0.266 e. The summed E-state index contributed by atoms with van der Waals surface area (Å²) < 4.78 is 5.87. The molecule has 1 aromatic rings. The van der Waals surface area contributed by atoms with E-state index < -0.39 is 0 Å². The normalized spacial score (nSPS) is 19.9. The number of anilines is 1. The number of fused-ring (bicyclic) bond motifs is 1. The van der Waals surface area contributed by atoms with Gasteiger partial charge in [0.2, 0.25) is 0 Å². The summed E-state index contributed by atoms with van der Waals surface area (Å²) in [5.74, 6) is 0.715. The third-order valence-electron chi connectivity index (χ3n) is 4.40. The molecule has 0 atom stereocenters. The lowest BCUT2D eigenvalue weighted by Gasteiger charge is -2.19. The van der Waals surface area contributed by atoms with E-state index >= 15 is 0 Å². The van der Waals surface area contributed by atoms with Crippen molar-refractivity contribution in [3.05, 3.63) is 39.8 Å². The van der Waals surface area contributed by atoms with Crippen LogP contribution in [0.4, 0.5) is 5.69 Å². The lowest BCUT2D eigenvalue weighted by Crippen LogP contribution is -2.31. The molecule has 8 heteroatoms. The first kappa shape index (κ1) is 20.3. The van der Waals surface area contributed by atoms with Gasteiger partial charge in [0.1, 0.15) is 10.1 Å². The van der Waals surface area contributed by atoms with Crippen molar-refractivity contribution >= 4 is 51.7 Å². The number of thioether (sulfide) groups is 2. The summed E-state index contributed by atoms with van der Waals surface area (Å²) in [6, 6.07) is 6.07. The number of thiocarbonyl (C=S) groups is 1. The van der Waals surface area contributed by atoms with E-state index in [1.165, 1.54) is 21.6 Å². The highest BCUT2D eigenvalue weighted by Gasteiger charge is 2.34. The van der Waals surface area contributed by atoms with E-state index in [9.17, 15) is 9.90 Å². The molecule has 27 heavy (non-hydrogen) atoms. The number of benzene rings is 1. The molecule has 1 amide bonds. The number of hydrogen-bond donors (Lipinski definition) is 1. The molecule has 0 saturated carbocycles. The minimum atomic E-state index is -0.113. The second-order valence-corrected chi connectivity index (χ2v) is 8.63. The first-order valence-electron chi connectivity index (χ1n) is 8.76. The van der Waals surface area contributed by atoms with Gasteiger partial charge in [0, 0.05) is 17.5 Å². The van der Waals surface area contributed by atoms with Gasteiger partial charge in [0.25, 0.3) is 5.91 Å². The fraction of sp³-hybridized carbons (Fsp3) is 0.368. The van der Waals surface area contributed by atoms with Crippen LogP contribution in [-0.2, 0) is 4.79 Å². The zero-order valence-electron chi connectivity index (χ0n) is 15.5. The van der Waals surface area contributed by atoms with E-state index in [1.54, 1.807) is 18.9 Å². The van der Waals surface area contributed by atoms with Crippen molar-refractivity contribution in [1.82, 2.24) is 4.90 Å². The molecule has 1 aromatic carbocycles. The molecule has 2 aliphatic rings. The van der Waals surface area contributed by atoms with Gasteiger partial charge in [0.15, 0.2) is 0 Å². The number of aliphatic hydroxyl groups is 1. The number of nitrogens with zero attached hydrogens (tertiary/aromatic N) is 2. The monoisotopic (exact) mass is 422 g/mol. The highest BCUT2D eigenvalue weighted by molar-refractivity contribution is 8.26. The Bertz CT molecular complexity index is 835. The zero-order chi connectivity index (χ0) is 19.6. The van der Waals surface area contributed by atoms with Gasteiger partial charge in [-0.15, -0.1) is 0 Å². The van der Waals surface area contributed by atoms with Gasteiger partial charge in [-0.05, 0) is 37.1 Å². The van der Waals surface area contributed by atoms with E-state index in [-0.39, 0.29) is 19.1 Å². The summed E-state index contributed by atoms with van der Waals surface area (Å²) >= 11 is 8.33. The van der Waals surface area contributed by atoms with Crippen LogP contribution in [0.25, 0.3) is 0 Å². The predicted molar refractivity (Wildman–Crippen MR) is 116 cm³/mol. The second kappa shape index (κ2) is 8.68. The molecule has 2 heterocycles. The van der Waals surface area contributed by atoms with Crippen molar-refractivity contribution in [3.63, 3.8) is 0 Å². The number of amides is 1. The van der Waals surface area contributed by atoms with Crippen LogP contribution in [0.3, 0.4) is 0 Å². The summed E-state index contributed by atoms with van der Waals surface area (Å²) in [7, 11) is 1.67. The largest absolute Gasteiger partial charge is 0.497 e. The molecule has 0 aliphatic carbocycles. The molecule has 0 unspecified atom stereocenters. The van der Waals surface area contributed by atoms with Gasteiger partial charge in [-0.1, -0.05) is 42.7 Å². The van der Waals surface area contributed by atoms with Crippen molar-refractivity contribution < 1.29 is 14.6 Å². The van der Waals surface area contributed by atoms with E-state index in [1.807, 2.05) is 19.1 Å². The molecule has 2 aliphatic heterocycles. The number of aliphatic hydroxyl groups excluding tert-OH is 1. The Hall–Kier alpha value is -1.48. The highest BCUT2D eigenvalue weighted by atomic mass is 32.2. The molecule has 0 spiro atoms. The Balaban J connectivity index is 1.97. The molecule has 0 radical (unpaired) electrons. The predicted octanol–water partition coefficient (Wildman–Crippen LogP) is 3.99. The van der Waals surface area contributed by atoms with Gasteiger partial charge in [-0.3, -0.25) is 9.69 Å². The van der Waals surface area contributed by atoms with E-state index in [0.717, 1.165) is 35.0 Å². The molecular formula is C19H22N2O3S3. The summed E-state index contributed by atoms with van der Waals surface area (Å²) in [4.78, 5) is 18.3. The van der Waals surface area contributed by atoms with Crippen molar-refractivity contribution in [3.8, 4) is 5.75 Å². The SMILES string of the molecule is CCC(C=C1Sc2ccc(OC)cc2N1CC)=C1SC(=S)N(CCO)C1=O. The number of β-amino-alcohol motifs (C(OH)–C–C–N with tert-alkyl or cyclic N) is 1. The fourth-order valence-electron chi connectivity index (χ4n) is 3.01. The Morgan fingerprint density at radius 2 is 2.07 bits per heavy atom. The Kier molecular flexibility index (Phi) is 6.52. The quantitative estimate of drug-likeness (QED) is 0.550.